The molecule has 0 aromatic rings. The molecule has 0 aromatic carbocycles. The molecule has 110 valence electrons. The fourth-order valence-corrected chi connectivity index (χ4v) is 4.77. The Bertz CT molecular complexity index is 198. The van der Waals surface area contributed by atoms with Gasteiger partial charge in [-0.05, 0) is 33.6 Å². The monoisotopic (exact) mass is 278 g/mol. The molecule has 0 aliphatic rings. The predicted molar refractivity (Wildman–Crippen MR) is 77.8 cm³/mol. The summed E-state index contributed by atoms with van der Waals surface area (Å²) in [4.78, 5) is 0. The van der Waals surface area contributed by atoms with Crippen LogP contribution in [0.1, 0.15) is 27.7 Å². The highest BCUT2D eigenvalue weighted by molar-refractivity contribution is 6.60. The van der Waals surface area contributed by atoms with Crippen LogP contribution in [0.4, 0.5) is 0 Å². The Balaban J connectivity index is 0. The Kier molecular flexibility index (Phi) is 11.9. The molecule has 0 aromatic heterocycles. The van der Waals surface area contributed by atoms with Gasteiger partial charge >= 0.3 is 8.80 Å². The van der Waals surface area contributed by atoms with Crippen molar-refractivity contribution < 1.29 is 13.3 Å². The lowest BCUT2D eigenvalue weighted by atomic mass is 10.1. The summed E-state index contributed by atoms with van der Waals surface area (Å²) in [5.74, 6) is 0.159. The third-order valence-electron chi connectivity index (χ3n) is 2.56. The van der Waals surface area contributed by atoms with Gasteiger partial charge < -0.3 is 25.2 Å². The summed E-state index contributed by atoms with van der Waals surface area (Å²) in [5, 5.41) is 0. The van der Waals surface area contributed by atoms with Gasteiger partial charge in [0.2, 0.25) is 0 Å². The van der Waals surface area contributed by atoms with Gasteiger partial charge in [-0.25, -0.2) is 0 Å². The van der Waals surface area contributed by atoms with Crippen molar-refractivity contribution in [2.45, 2.75) is 39.8 Å². The van der Waals surface area contributed by atoms with Crippen molar-refractivity contribution in [3.8, 4) is 0 Å². The number of hydrogen-bond donors (Lipinski definition) is 2. The lowest BCUT2D eigenvalue weighted by Crippen LogP contribution is -2.49. The summed E-state index contributed by atoms with van der Waals surface area (Å²) in [7, 11) is -2.59. The molecule has 0 fully saturated rings. The molecule has 0 amide bonds. The zero-order valence-corrected chi connectivity index (χ0v) is 13.3. The average molecular weight is 278 g/mol. The fraction of sp³-hybridized carbons (Fsp3) is 0.833. The van der Waals surface area contributed by atoms with Gasteiger partial charge in [-0.15, -0.1) is 6.58 Å². The highest BCUT2D eigenvalue weighted by Crippen LogP contribution is 2.24. The van der Waals surface area contributed by atoms with Gasteiger partial charge in [-0.3, -0.25) is 0 Å². The van der Waals surface area contributed by atoms with E-state index >= 15 is 0 Å². The van der Waals surface area contributed by atoms with Crippen molar-refractivity contribution in [3.05, 3.63) is 12.7 Å². The van der Waals surface area contributed by atoms with E-state index < -0.39 is 8.80 Å². The SMILES string of the molecule is C=CC(C[Si](OCC)(OCC)OCC)C(C)N.N. The van der Waals surface area contributed by atoms with E-state index in [0.29, 0.717) is 25.9 Å². The van der Waals surface area contributed by atoms with Crippen LogP contribution in [-0.4, -0.2) is 34.7 Å². The largest absolute Gasteiger partial charge is 0.501 e. The van der Waals surface area contributed by atoms with Crippen LogP contribution in [0, 0.1) is 5.92 Å². The summed E-state index contributed by atoms with van der Waals surface area (Å²) < 4.78 is 17.4. The Morgan fingerprint density at radius 1 is 1.11 bits per heavy atom. The van der Waals surface area contributed by atoms with E-state index in [-0.39, 0.29) is 18.1 Å². The molecule has 0 rings (SSSR count). The van der Waals surface area contributed by atoms with Crippen molar-refractivity contribution in [2.24, 2.45) is 11.7 Å². The second kappa shape index (κ2) is 10.7. The third kappa shape index (κ3) is 6.63. The molecular formula is C12H30N2O3Si. The van der Waals surface area contributed by atoms with E-state index in [1.54, 1.807) is 0 Å². The maximum Gasteiger partial charge on any atom is 0.501 e. The first-order chi connectivity index (χ1) is 8.05. The Labute approximate surface area is 113 Å². The summed E-state index contributed by atoms with van der Waals surface area (Å²) >= 11 is 0. The molecule has 0 saturated carbocycles. The Hall–Kier alpha value is -0.243. The molecule has 5 N–H and O–H groups in total. The summed E-state index contributed by atoms with van der Waals surface area (Å²) in [6, 6.07) is 0.727. The van der Waals surface area contributed by atoms with Crippen LogP contribution in [0.25, 0.3) is 0 Å². The topological polar surface area (TPSA) is 88.7 Å². The van der Waals surface area contributed by atoms with Gasteiger partial charge in [0, 0.05) is 31.9 Å². The Morgan fingerprint density at radius 2 is 1.50 bits per heavy atom. The first-order valence-electron chi connectivity index (χ1n) is 6.35. The molecule has 0 bridgehead atoms. The van der Waals surface area contributed by atoms with Crippen molar-refractivity contribution in [2.75, 3.05) is 19.8 Å². The van der Waals surface area contributed by atoms with E-state index in [1.165, 1.54) is 0 Å². The molecule has 0 radical (unpaired) electrons. The molecule has 6 heteroatoms. The number of rotatable bonds is 10. The van der Waals surface area contributed by atoms with Gasteiger partial charge in [0.1, 0.15) is 0 Å². The van der Waals surface area contributed by atoms with E-state index in [2.05, 4.69) is 6.58 Å². The zero-order chi connectivity index (χ0) is 13.3. The van der Waals surface area contributed by atoms with Gasteiger partial charge in [0.15, 0.2) is 0 Å². The predicted octanol–water partition coefficient (Wildman–Crippen LogP) is 2.35. The highest BCUT2D eigenvalue weighted by Gasteiger charge is 2.42. The van der Waals surface area contributed by atoms with Crippen LogP contribution in [0.15, 0.2) is 12.7 Å². The maximum atomic E-state index is 5.93. The minimum absolute atomic E-state index is 0. The minimum atomic E-state index is -2.59. The van der Waals surface area contributed by atoms with E-state index in [4.69, 9.17) is 19.0 Å². The first kappa shape index (κ1) is 20.1. The molecule has 0 heterocycles. The zero-order valence-electron chi connectivity index (χ0n) is 12.3. The molecular weight excluding hydrogens is 248 g/mol. The number of hydrogen-bond acceptors (Lipinski definition) is 5. The molecule has 2 unspecified atom stereocenters. The second-order valence-corrected chi connectivity index (χ2v) is 6.59. The molecule has 18 heavy (non-hydrogen) atoms. The van der Waals surface area contributed by atoms with Crippen molar-refractivity contribution in [3.63, 3.8) is 0 Å². The van der Waals surface area contributed by atoms with E-state index in [9.17, 15) is 0 Å². The Morgan fingerprint density at radius 3 is 1.72 bits per heavy atom. The van der Waals surface area contributed by atoms with Gasteiger partial charge in [-0.2, -0.15) is 0 Å². The molecule has 2 atom stereocenters. The van der Waals surface area contributed by atoms with Crippen LogP contribution in [0.5, 0.6) is 0 Å². The van der Waals surface area contributed by atoms with Gasteiger partial charge in [-0.1, -0.05) is 6.08 Å². The molecule has 0 spiro atoms. The normalized spacial score (nSPS) is 14.7. The summed E-state index contributed by atoms with van der Waals surface area (Å²) in [6.07, 6.45) is 1.86. The second-order valence-electron chi connectivity index (χ2n) is 3.94. The maximum absolute atomic E-state index is 5.93. The van der Waals surface area contributed by atoms with Crippen LogP contribution in [-0.2, 0) is 13.3 Å². The van der Waals surface area contributed by atoms with Crippen molar-refractivity contribution >= 4 is 8.80 Å². The van der Waals surface area contributed by atoms with E-state index in [1.807, 2.05) is 33.8 Å². The quantitative estimate of drug-likeness (QED) is 0.473. The van der Waals surface area contributed by atoms with Crippen LogP contribution < -0.4 is 11.9 Å². The highest BCUT2D eigenvalue weighted by atomic mass is 28.4. The summed E-state index contributed by atoms with van der Waals surface area (Å²) in [5.41, 5.74) is 5.93. The molecule has 0 aliphatic heterocycles. The minimum Gasteiger partial charge on any atom is -0.374 e. The lowest BCUT2D eigenvalue weighted by Gasteiger charge is -2.31. The molecule has 5 nitrogen and oxygen atoms in total. The fourth-order valence-electron chi connectivity index (χ4n) is 1.73. The number of nitrogens with two attached hydrogens (primary N) is 1. The van der Waals surface area contributed by atoms with Crippen LogP contribution in [0.2, 0.25) is 6.04 Å². The van der Waals surface area contributed by atoms with Gasteiger partial charge in [0.05, 0.1) is 0 Å². The average Bonchev–Trinajstić information content (AvgIpc) is 2.26. The lowest BCUT2D eigenvalue weighted by molar-refractivity contribution is 0.0678. The molecule has 0 aliphatic carbocycles. The van der Waals surface area contributed by atoms with Crippen LogP contribution in [0.3, 0.4) is 0 Å². The first-order valence-corrected chi connectivity index (χ1v) is 8.28. The van der Waals surface area contributed by atoms with Crippen molar-refractivity contribution in [1.29, 1.82) is 0 Å². The summed E-state index contributed by atoms with van der Waals surface area (Å²) in [6.45, 7) is 13.4. The van der Waals surface area contributed by atoms with Crippen LogP contribution >= 0.6 is 0 Å². The standard InChI is InChI=1S/C12H27NO3Si.H3N/c1-6-12(11(5)13)10-17(14-7-2,15-8-3)16-9-4;/h6,11-12H,1,7-10,13H2,2-5H3;1H3. The van der Waals surface area contributed by atoms with E-state index in [0.717, 1.165) is 0 Å². The third-order valence-corrected chi connectivity index (χ3v) is 5.71. The smallest absolute Gasteiger partial charge is 0.374 e. The molecule has 0 saturated heterocycles. The van der Waals surface area contributed by atoms with Gasteiger partial charge in [0.25, 0.3) is 0 Å². The van der Waals surface area contributed by atoms with Crippen molar-refractivity contribution in [1.82, 2.24) is 6.15 Å².